The predicted octanol–water partition coefficient (Wildman–Crippen LogP) is 3.05. The van der Waals surface area contributed by atoms with E-state index in [9.17, 15) is 4.79 Å². The van der Waals surface area contributed by atoms with Crippen LogP contribution >= 0.6 is 0 Å². The third-order valence-electron chi connectivity index (χ3n) is 4.68. The molecule has 6 heteroatoms. The Labute approximate surface area is 154 Å². The number of hydrogen-bond donors (Lipinski definition) is 0. The maximum absolute atomic E-state index is 13.1. The third-order valence-corrected chi connectivity index (χ3v) is 4.68. The molecule has 26 heavy (non-hydrogen) atoms. The Morgan fingerprint density at radius 1 is 1.31 bits per heavy atom. The largest absolute Gasteiger partial charge is 0.472 e. The molecule has 1 fully saturated rings. The normalized spacial score (nSPS) is 18.2. The highest BCUT2D eigenvalue weighted by molar-refractivity contribution is 5.83. The first-order valence-electron chi connectivity index (χ1n) is 9.08. The summed E-state index contributed by atoms with van der Waals surface area (Å²) in [6.45, 7) is 3.41. The van der Waals surface area contributed by atoms with Crippen molar-refractivity contribution in [2.45, 2.75) is 38.2 Å². The molecule has 0 saturated carbocycles. The van der Waals surface area contributed by atoms with Gasteiger partial charge in [0.1, 0.15) is 6.10 Å². The van der Waals surface area contributed by atoms with Crippen LogP contribution in [0.4, 0.5) is 0 Å². The van der Waals surface area contributed by atoms with Crippen molar-refractivity contribution >= 4 is 5.91 Å². The van der Waals surface area contributed by atoms with Gasteiger partial charge in [0.2, 0.25) is 11.8 Å². The Kier molecular flexibility index (Phi) is 6.04. The van der Waals surface area contributed by atoms with E-state index in [-0.39, 0.29) is 23.9 Å². The molecule has 2 aromatic rings. The van der Waals surface area contributed by atoms with Crippen molar-refractivity contribution in [3.63, 3.8) is 0 Å². The standard InChI is InChI=1S/C20H25N3O3/c1-3-17(15-8-5-4-6-9-15)19(24)23-13-7-10-16(14-23)26-18-11-12-21-20(22-18)25-2/h4-6,8-9,11-12,16-17H,3,7,10,13-14H2,1-2H3. The van der Waals surface area contributed by atoms with Crippen molar-refractivity contribution in [2.75, 3.05) is 20.2 Å². The van der Waals surface area contributed by atoms with Crippen LogP contribution in [0.15, 0.2) is 42.6 Å². The Balaban J connectivity index is 1.66. The SMILES string of the molecule is CCC(C(=O)N1CCCC(Oc2ccnc(OC)n2)C1)c1ccccc1. The summed E-state index contributed by atoms with van der Waals surface area (Å²) in [6, 6.07) is 12.0. The number of carbonyl (C=O) groups is 1. The highest BCUT2D eigenvalue weighted by Crippen LogP contribution is 2.25. The lowest BCUT2D eigenvalue weighted by Gasteiger charge is -2.34. The van der Waals surface area contributed by atoms with Gasteiger partial charge in [-0.25, -0.2) is 4.98 Å². The number of rotatable bonds is 6. The maximum atomic E-state index is 13.1. The van der Waals surface area contributed by atoms with Gasteiger partial charge >= 0.3 is 6.01 Å². The van der Waals surface area contributed by atoms with Gasteiger partial charge in [0.25, 0.3) is 0 Å². The van der Waals surface area contributed by atoms with Crippen LogP contribution in [0.3, 0.4) is 0 Å². The van der Waals surface area contributed by atoms with Crippen LogP contribution in [0.25, 0.3) is 0 Å². The molecule has 138 valence electrons. The van der Waals surface area contributed by atoms with Crippen LogP contribution in [-0.4, -0.2) is 47.1 Å². The molecule has 2 unspecified atom stereocenters. The van der Waals surface area contributed by atoms with E-state index in [1.54, 1.807) is 12.3 Å². The van der Waals surface area contributed by atoms with Gasteiger partial charge < -0.3 is 14.4 Å². The number of nitrogens with zero attached hydrogens (tertiary/aromatic N) is 3. The fraction of sp³-hybridized carbons (Fsp3) is 0.450. The van der Waals surface area contributed by atoms with Gasteiger partial charge in [0, 0.05) is 18.8 Å². The van der Waals surface area contributed by atoms with E-state index in [0.29, 0.717) is 12.4 Å². The number of likely N-dealkylation sites (tertiary alicyclic amines) is 1. The minimum Gasteiger partial charge on any atom is -0.472 e. The van der Waals surface area contributed by atoms with Gasteiger partial charge in [-0.05, 0) is 24.8 Å². The molecule has 0 aliphatic carbocycles. The number of piperidine rings is 1. The number of carbonyl (C=O) groups excluding carboxylic acids is 1. The molecule has 2 heterocycles. The van der Waals surface area contributed by atoms with Crippen molar-refractivity contribution in [3.8, 4) is 11.9 Å². The molecule has 2 atom stereocenters. The lowest BCUT2D eigenvalue weighted by Crippen LogP contribution is -2.46. The van der Waals surface area contributed by atoms with E-state index < -0.39 is 0 Å². The van der Waals surface area contributed by atoms with Crippen LogP contribution in [0.2, 0.25) is 0 Å². The molecule has 0 radical (unpaired) electrons. The van der Waals surface area contributed by atoms with E-state index in [2.05, 4.69) is 16.9 Å². The molecular formula is C20H25N3O3. The smallest absolute Gasteiger partial charge is 0.319 e. The average Bonchev–Trinajstić information content (AvgIpc) is 2.69. The maximum Gasteiger partial charge on any atom is 0.319 e. The third kappa shape index (κ3) is 4.31. The first-order valence-corrected chi connectivity index (χ1v) is 9.08. The monoisotopic (exact) mass is 355 g/mol. The highest BCUT2D eigenvalue weighted by Gasteiger charge is 2.30. The van der Waals surface area contributed by atoms with Crippen LogP contribution in [-0.2, 0) is 4.79 Å². The minimum atomic E-state index is -0.103. The van der Waals surface area contributed by atoms with Crippen LogP contribution in [0.1, 0.15) is 37.7 Å². The Bertz CT molecular complexity index is 723. The average molecular weight is 355 g/mol. The Morgan fingerprint density at radius 3 is 2.85 bits per heavy atom. The fourth-order valence-electron chi connectivity index (χ4n) is 3.35. The van der Waals surface area contributed by atoms with Crippen LogP contribution < -0.4 is 9.47 Å². The highest BCUT2D eigenvalue weighted by atomic mass is 16.5. The summed E-state index contributed by atoms with van der Waals surface area (Å²) in [5.74, 6) is 0.549. The summed E-state index contributed by atoms with van der Waals surface area (Å²) in [4.78, 5) is 23.2. The van der Waals surface area contributed by atoms with Gasteiger partial charge in [-0.1, -0.05) is 37.3 Å². The van der Waals surface area contributed by atoms with Crippen LogP contribution in [0.5, 0.6) is 11.9 Å². The van der Waals surface area contributed by atoms with Crippen molar-refractivity contribution in [1.29, 1.82) is 0 Å². The summed E-state index contributed by atoms with van der Waals surface area (Å²) in [5, 5.41) is 0. The quantitative estimate of drug-likeness (QED) is 0.797. The summed E-state index contributed by atoms with van der Waals surface area (Å²) >= 11 is 0. The number of aromatic nitrogens is 2. The summed E-state index contributed by atoms with van der Waals surface area (Å²) in [6.07, 6.45) is 4.14. The van der Waals surface area contributed by atoms with Crippen LogP contribution in [0, 0.1) is 0 Å². The minimum absolute atomic E-state index is 0.0689. The fourth-order valence-corrected chi connectivity index (χ4v) is 3.35. The zero-order valence-corrected chi connectivity index (χ0v) is 15.3. The predicted molar refractivity (Wildman–Crippen MR) is 98.3 cm³/mol. The van der Waals surface area contributed by atoms with E-state index in [0.717, 1.165) is 31.4 Å². The molecule has 0 N–H and O–H groups in total. The molecule has 1 aromatic heterocycles. The molecule has 6 nitrogen and oxygen atoms in total. The van der Waals surface area contributed by atoms with Gasteiger partial charge in [-0.3, -0.25) is 4.79 Å². The Morgan fingerprint density at radius 2 is 2.12 bits per heavy atom. The van der Waals surface area contributed by atoms with E-state index >= 15 is 0 Å². The van der Waals surface area contributed by atoms with E-state index in [1.807, 2.05) is 35.2 Å². The molecule has 1 saturated heterocycles. The molecule has 1 amide bonds. The lowest BCUT2D eigenvalue weighted by molar-refractivity contribution is -0.135. The molecule has 1 aromatic carbocycles. The van der Waals surface area contributed by atoms with Crippen molar-refractivity contribution in [2.24, 2.45) is 0 Å². The van der Waals surface area contributed by atoms with Gasteiger partial charge in [-0.15, -0.1) is 0 Å². The second-order valence-corrected chi connectivity index (χ2v) is 6.42. The molecular weight excluding hydrogens is 330 g/mol. The first-order chi connectivity index (χ1) is 12.7. The van der Waals surface area contributed by atoms with Crippen molar-refractivity contribution < 1.29 is 14.3 Å². The zero-order chi connectivity index (χ0) is 18.4. The topological polar surface area (TPSA) is 64.6 Å². The molecule has 1 aliphatic heterocycles. The Hall–Kier alpha value is -2.63. The number of methoxy groups -OCH3 is 1. The van der Waals surface area contributed by atoms with Crippen molar-refractivity contribution in [3.05, 3.63) is 48.2 Å². The van der Waals surface area contributed by atoms with Gasteiger partial charge in [0.15, 0.2) is 0 Å². The van der Waals surface area contributed by atoms with Gasteiger partial charge in [0.05, 0.1) is 19.6 Å². The number of benzene rings is 1. The number of amides is 1. The number of hydrogen-bond acceptors (Lipinski definition) is 5. The molecule has 3 rings (SSSR count). The summed E-state index contributed by atoms with van der Waals surface area (Å²) < 4.78 is 11.0. The van der Waals surface area contributed by atoms with Crippen molar-refractivity contribution in [1.82, 2.24) is 14.9 Å². The zero-order valence-electron chi connectivity index (χ0n) is 15.3. The lowest BCUT2D eigenvalue weighted by atomic mass is 9.94. The second-order valence-electron chi connectivity index (χ2n) is 6.42. The van der Waals surface area contributed by atoms with E-state index in [4.69, 9.17) is 9.47 Å². The summed E-state index contributed by atoms with van der Waals surface area (Å²) in [7, 11) is 1.52. The van der Waals surface area contributed by atoms with Gasteiger partial charge in [-0.2, -0.15) is 4.98 Å². The first kappa shape index (κ1) is 18.2. The number of ether oxygens (including phenoxy) is 2. The molecule has 0 spiro atoms. The summed E-state index contributed by atoms with van der Waals surface area (Å²) in [5.41, 5.74) is 1.07. The van der Waals surface area contributed by atoms with E-state index in [1.165, 1.54) is 7.11 Å². The molecule has 0 bridgehead atoms. The second kappa shape index (κ2) is 8.65. The molecule has 1 aliphatic rings.